The minimum atomic E-state index is 0.0920. The lowest BCUT2D eigenvalue weighted by Gasteiger charge is -2.05. The van der Waals surface area contributed by atoms with Gasteiger partial charge < -0.3 is 0 Å². The van der Waals surface area contributed by atoms with Crippen molar-refractivity contribution in [3.05, 3.63) is 58.4 Å². The molecule has 0 bridgehead atoms. The van der Waals surface area contributed by atoms with Crippen molar-refractivity contribution >= 4 is 5.78 Å². The van der Waals surface area contributed by atoms with Gasteiger partial charge in [0.25, 0.3) is 0 Å². The Kier molecular flexibility index (Phi) is 3.51. The van der Waals surface area contributed by atoms with Gasteiger partial charge in [0.1, 0.15) is 0 Å². The lowest BCUT2D eigenvalue weighted by molar-refractivity contribution is 0.0991. The van der Waals surface area contributed by atoms with Crippen LogP contribution in [-0.4, -0.2) is 16.0 Å². The summed E-state index contributed by atoms with van der Waals surface area (Å²) in [5, 5.41) is 7.92. The molecule has 0 N–H and O–H groups in total. The van der Waals surface area contributed by atoms with Crippen LogP contribution < -0.4 is 0 Å². The van der Waals surface area contributed by atoms with Gasteiger partial charge in [-0.2, -0.15) is 10.2 Å². The van der Waals surface area contributed by atoms with Crippen LogP contribution in [0.2, 0.25) is 0 Å². The molecule has 2 rings (SSSR count). The molecule has 0 radical (unpaired) electrons. The fourth-order valence-electron chi connectivity index (χ4n) is 1.82. The smallest absolute Gasteiger partial charge is 0.169 e. The molecule has 18 heavy (non-hydrogen) atoms. The van der Waals surface area contributed by atoms with E-state index in [2.05, 4.69) is 10.2 Å². The van der Waals surface area contributed by atoms with Gasteiger partial charge in [-0.25, -0.2) is 0 Å². The second-order valence-corrected chi connectivity index (χ2v) is 4.57. The maximum atomic E-state index is 12.2. The molecule has 0 aliphatic heterocycles. The SMILES string of the molecule is Cc1ccc(CC(=O)c2cc(C)nnc2C)cc1. The van der Waals surface area contributed by atoms with Gasteiger partial charge in [-0.1, -0.05) is 29.8 Å². The van der Waals surface area contributed by atoms with Crippen LogP contribution in [0.1, 0.15) is 32.9 Å². The first kappa shape index (κ1) is 12.4. The van der Waals surface area contributed by atoms with Crippen molar-refractivity contribution in [1.29, 1.82) is 0 Å². The number of Topliss-reactive ketones (excluding diaryl/α,β-unsaturated/α-hetero) is 1. The first-order chi connectivity index (χ1) is 8.56. The van der Waals surface area contributed by atoms with E-state index in [1.165, 1.54) is 5.56 Å². The zero-order chi connectivity index (χ0) is 13.1. The summed E-state index contributed by atoms with van der Waals surface area (Å²) >= 11 is 0. The van der Waals surface area contributed by atoms with Crippen molar-refractivity contribution in [1.82, 2.24) is 10.2 Å². The molecular formula is C15H16N2O. The summed E-state index contributed by atoms with van der Waals surface area (Å²) in [5.41, 5.74) is 4.36. The summed E-state index contributed by atoms with van der Waals surface area (Å²) in [4.78, 5) is 12.2. The molecule has 0 amide bonds. The molecule has 92 valence electrons. The molecule has 0 saturated heterocycles. The van der Waals surface area contributed by atoms with Gasteiger partial charge in [-0.15, -0.1) is 0 Å². The van der Waals surface area contributed by atoms with E-state index >= 15 is 0 Å². The number of nitrogens with zero attached hydrogens (tertiary/aromatic N) is 2. The Morgan fingerprint density at radius 2 is 1.72 bits per heavy atom. The fraction of sp³-hybridized carbons (Fsp3) is 0.267. The maximum absolute atomic E-state index is 12.2. The van der Waals surface area contributed by atoms with Crippen LogP contribution in [0.25, 0.3) is 0 Å². The number of benzene rings is 1. The Morgan fingerprint density at radius 1 is 1.06 bits per heavy atom. The Balaban J connectivity index is 2.21. The second-order valence-electron chi connectivity index (χ2n) is 4.57. The zero-order valence-electron chi connectivity index (χ0n) is 10.9. The van der Waals surface area contributed by atoms with Crippen molar-refractivity contribution < 1.29 is 4.79 Å². The van der Waals surface area contributed by atoms with E-state index in [-0.39, 0.29) is 5.78 Å². The van der Waals surface area contributed by atoms with E-state index in [1.54, 1.807) is 6.07 Å². The minimum absolute atomic E-state index is 0.0920. The number of carbonyl (C=O) groups excluding carboxylic acids is 1. The molecule has 1 aromatic heterocycles. The Hall–Kier alpha value is -2.03. The van der Waals surface area contributed by atoms with E-state index in [0.29, 0.717) is 17.7 Å². The van der Waals surface area contributed by atoms with Crippen molar-refractivity contribution in [3.8, 4) is 0 Å². The highest BCUT2D eigenvalue weighted by Gasteiger charge is 2.11. The first-order valence-electron chi connectivity index (χ1n) is 5.96. The summed E-state index contributed by atoms with van der Waals surface area (Å²) < 4.78 is 0. The van der Waals surface area contributed by atoms with Crippen LogP contribution in [0.3, 0.4) is 0 Å². The molecule has 3 heteroatoms. The highest BCUT2D eigenvalue weighted by Crippen LogP contribution is 2.11. The van der Waals surface area contributed by atoms with Crippen LogP contribution in [0, 0.1) is 20.8 Å². The molecule has 3 nitrogen and oxygen atoms in total. The standard InChI is InChI=1S/C15H16N2O/c1-10-4-6-13(7-5-10)9-15(18)14-8-11(2)16-17-12(14)3/h4-8H,9H2,1-3H3. The van der Waals surface area contributed by atoms with E-state index in [0.717, 1.165) is 11.3 Å². The quantitative estimate of drug-likeness (QED) is 0.775. The van der Waals surface area contributed by atoms with Crippen molar-refractivity contribution in [2.75, 3.05) is 0 Å². The van der Waals surface area contributed by atoms with Gasteiger partial charge in [-0.05, 0) is 32.4 Å². The molecule has 0 saturated carbocycles. The third-order valence-electron chi connectivity index (χ3n) is 2.89. The van der Waals surface area contributed by atoms with Gasteiger partial charge in [0.15, 0.2) is 5.78 Å². The Labute approximate surface area is 107 Å². The monoisotopic (exact) mass is 240 g/mol. The molecule has 0 aliphatic carbocycles. The zero-order valence-corrected chi connectivity index (χ0v) is 10.9. The lowest BCUT2D eigenvalue weighted by Crippen LogP contribution is -2.08. The molecule has 0 fully saturated rings. The molecule has 2 aromatic rings. The summed E-state index contributed by atoms with van der Waals surface area (Å²) in [6.45, 7) is 5.69. The normalized spacial score (nSPS) is 10.4. The molecule has 1 heterocycles. The molecule has 0 atom stereocenters. The number of aromatic nitrogens is 2. The van der Waals surface area contributed by atoms with E-state index in [9.17, 15) is 4.79 Å². The number of rotatable bonds is 3. The number of ketones is 1. The number of hydrogen-bond acceptors (Lipinski definition) is 3. The molecule has 0 spiro atoms. The number of aryl methyl sites for hydroxylation is 3. The summed E-state index contributed by atoms with van der Waals surface area (Å²) in [6.07, 6.45) is 0.409. The predicted molar refractivity (Wildman–Crippen MR) is 70.7 cm³/mol. The van der Waals surface area contributed by atoms with Crippen LogP contribution >= 0.6 is 0 Å². The van der Waals surface area contributed by atoms with Crippen LogP contribution in [0.15, 0.2) is 30.3 Å². The van der Waals surface area contributed by atoms with Crippen molar-refractivity contribution in [2.45, 2.75) is 27.2 Å². The summed E-state index contributed by atoms with van der Waals surface area (Å²) in [6, 6.07) is 9.82. The van der Waals surface area contributed by atoms with Crippen molar-refractivity contribution in [2.24, 2.45) is 0 Å². The number of carbonyl (C=O) groups is 1. The van der Waals surface area contributed by atoms with E-state index < -0.39 is 0 Å². The number of hydrogen-bond donors (Lipinski definition) is 0. The molecule has 1 aromatic carbocycles. The first-order valence-corrected chi connectivity index (χ1v) is 5.96. The lowest BCUT2D eigenvalue weighted by atomic mass is 10.0. The van der Waals surface area contributed by atoms with E-state index in [4.69, 9.17) is 0 Å². The maximum Gasteiger partial charge on any atom is 0.169 e. The molecule has 0 aliphatic rings. The van der Waals surface area contributed by atoms with Gasteiger partial charge in [0.2, 0.25) is 0 Å². The highest BCUT2D eigenvalue weighted by atomic mass is 16.1. The van der Waals surface area contributed by atoms with Crippen LogP contribution in [0.4, 0.5) is 0 Å². The third kappa shape index (κ3) is 2.80. The van der Waals surface area contributed by atoms with Gasteiger partial charge in [0.05, 0.1) is 11.4 Å². The average Bonchev–Trinajstić information content (AvgIpc) is 2.35. The average molecular weight is 240 g/mol. The largest absolute Gasteiger partial charge is 0.294 e. The van der Waals surface area contributed by atoms with Gasteiger partial charge >= 0.3 is 0 Å². The Morgan fingerprint density at radius 3 is 2.39 bits per heavy atom. The summed E-state index contributed by atoms with van der Waals surface area (Å²) in [7, 11) is 0. The second kappa shape index (κ2) is 5.08. The minimum Gasteiger partial charge on any atom is -0.294 e. The third-order valence-corrected chi connectivity index (χ3v) is 2.89. The van der Waals surface area contributed by atoms with Crippen LogP contribution in [-0.2, 0) is 6.42 Å². The predicted octanol–water partition coefficient (Wildman–Crippen LogP) is 2.83. The topological polar surface area (TPSA) is 42.9 Å². The molecule has 0 unspecified atom stereocenters. The molecular weight excluding hydrogens is 224 g/mol. The summed E-state index contributed by atoms with van der Waals surface area (Å²) in [5.74, 6) is 0.0920. The fourth-order valence-corrected chi connectivity index (χ4v) is 1.82. The Bertz CT molecular complexity index is 574. The van der Waals surface area contributed by atoms with Crippen molar-refractivity contribution in [3.63, 3.8) is 0 Å². The highest BCUT2D eigenvalue weighted by molar-refractivity contribution is 5.98. The van der Waals surface area contributed by atoms with Crippen LogP contribution in [0.5, 0.6) is 0 Å². The van der Waals surface area contributed by atoms with Gasteiger partial charge in [0, 0.05) is 12.0 Å². The van der Waals surface area contributed by atoms with E-state index in [1.807, 2.05) is 45.0 Å². The van der Waals surface area contributed by atoms with Gasteiger partial charge in [-0.3, -0.25) is 4.79 Å².